The van der Waals surface area contributed by atoms with Gasteiger partial charge < -0.3 is 19.5 Å². The summed E-state index contributed by atoms with van der Waals surface area (Å²) in [4.78, 5) is 12.4. The maximum atomic E-state index is 12.4. The average molecular weight is 371 g/mol. The van der Waals surface area contributed by atoms with Crippen molar-refractivity contribution in [3.8, 4) is 17.2 Å². The van der Waals surface area contributed by atoms with Crippen LogP contribution in [0.4, 0.5) is 0 Å². The Morgan fingerprint density at radius 2 is 1.70 bits per heavy atom. The van der Waals surface area contributed by atoms with E-state index in [1.54, 1.807) is 14.2 Å². The molecule has 146 valence electrons. The van der Waals surface area contributed by atoms with Crippen molar-refractivity contribution in [2.24, 2.45) is 0 Å². The minimum absolute atomic E-state index is 0.0419. The highest BCUT2D eigenvalue weighted by Crippen LogP contribution is 2.30. The topological polar surface area (TPSA) is 56.8 Å². The van der Waals surface area contributed by atoms with Gasteiger partial charge in [-0.3, -0.25) is 4.79 Å². The zero-order valence-electron chi connectivity index (χ0n) is 17.0. The van der Waals surface area contributed by atoms with Gasteiger partial charge in [0.05, 0.1) is 20.3 Å². The first kappa shape index (κ1) is 20.6. The fourth-order valence-electron chi connectivity index (χ4n) is 2.93. The number of benzene rings is 2. The maximum absolute atomic E-state index is 12.4. The van der Waals surface area contributed by atoms with Crippen LogP contribution in [0.5, 0.6) is 17.2 Å². The first-order valence-electron chi connectivity index (χ1n) is 9.10. The van der Waals surface area contributed by atoms with E-state index >= 15 is 0 Å². The molecule has 1 atom stereocenters. The fraction of sp³-hybridized carbons (Fsp3) is 0.409. The normalized spacial score (nSPS) is 11.8. The number of aryl methyl sites for hydroxylation is 1. The lowest BCUT2D eigenvalue weighted by Crippen LogP contribution is -2.31. The van der Waals surface area contributed by atoms with Gasteiger partial charge in [-0.1, -0.05) is 26.0 Å². The monoisotopic (exact) mass is 371 g/mol. The molecule has 5 nitrogen and oxygen atoms in total. The van der Waals surface area contributed by atoms with Gasteiger partial charge in [-0.15, -0.1) is 0 Å². The predicted molar refractivity (Wildman–Crippen MR) is 107 cm³/mol. The summed E-state index contributed by atoms with van der Waals surface area (Å²) in [5.41, 5.74) is 3.05. The van der Waals surface area contributed by atoms with Crippen LogP contribution in [0.15, 0.2) is 36.4 Å². The summed E-state index contributed by atoms with van der Waals surface area (Å²) in [6, 6.07) is 11.4. The molecule has 5 heteroatoms. The summed E-state index contributed by atoms with van der Waals surface area (Å²) in [7, 11) is 3.21. The van der Waals surface area contributed by atoms with Gasteiger partial charge in [0.2, 0.25) is 0 Å². The van der Waals surface area contributed by atoms with E-state index in [0.29, 0.717) is 17.4 Å². The second-order valence-corrected chi connectivity index (χ2v) is 6.88. The second-order valence-electron chi connectivity index (χ2n) is 6.88. The molecule has 0 aliphatic carbocycles. The zero-order valence-corrected chi connectivity index (χ0v) is 17.0. The number of rotatable bonds is 8. The van der Waals surface area contributed by atoms with Crippen LogP contribution >= 0.6 is 0 Å². The number of carbonyl (C=O) groups is 1. The van der Waals surface area contributed by atoms with Crippen molar-refractivity contribution < 1.29 is 19.0 Å². The Kier molecular flexibility index (Phi) is 7.11. The molecule has 2 rings (SSSR count). The highest BCUT2D eigenvalue weighted by molar-refractivity contribution is 5.78. The molecule has 2 aromatic carbocycles. The van der Waals surface area contributed by atoms with Crippen LogP contribution < -0.4 is 19.5 Å². The van der Waals surface area contributed by atoms with Crippen LogP contribution in [-0.4, -0.2) is 26.7 Å². The van der Waals surface area contributed by atoms with Crippen molar-refractivity contribution >= 4 is 5.91 Å². The number of ether oxygens (including phenoxy) is 3. The molecular formula is C22H29NO4. The summed E-state index contributed by atoms with van der Waals surface area (Å²) in [6.45, 7) is 8.08. The molecule has 0 unspecified atom stereocenters. The second kappa shape index (κ2) is 9.31. The van der Waals surface area contributed by atoms with Crippen molar-refractivity contribution in [1.29, 1.82) is 0 Å². The van der Waals surface area contributed by atoms with E-state index in [9.17, 15) is 4.79 Å². The highest BCUT2D eigenvalue weighted by Gasteiger charge is 2.16. The van der Waals surface area contributed by atoms with Crippen molar-refractivity contribution in [1.82, 2.24) is 5.32 Å². The number of hydrogen-bond donors (Lipinski definition) is 1. The number of nitrogens with one attached hydrogen (secondary N) is 1. The standard InChI is InChI=1S/C22H29NO4/c1-14(2)18-9-7-15(3)11-21(18)27-13-22(24)23-16(4)19-12-17(25-5)8-10-20(19)26-6/h7-12,14,16H,13H2,1-6H3,(H,23,24)/t16-/m0/s1. The molecule has 27 heavy (non-hydrogen) atoms. The molecule has 0 saturated carbocycles. The number of methoxy groups -OCH3 is 2. The zero-order chi connectivity index (χ0) is 20.0. The van der Waals surface area contributed by atoms with Gasteiger partial charge in [-0.05, 0) is 55.2 Å². The van der Waals surface area contributed by atoms with Gasteiger partial charge >= 0.3 is 0 Å². The van der Waals surface area contributed by atoms with E-state index in [1.165, 1.54) is 0 Å². The van der Waals surface area contributed by atoms with Gasteiger partial charge in [0.15, 0.2) is 6.61 Å². The summed E-state index contributed by atoms with van der Waals surface area (Å²) in [5, 5.41) is 2.96. The SMILES string of the molecule is COc1ccc(OC)c([C@H](C)NC(=O)COc2cc(C)ccc2C(C)C)c1. The Morgan fingerprint density at radius 3 is 2.33 bits per heavy atom. The molecule has 0 aliphatic heterocycles. The first-order chi connectivity index (χ1) is 12.8. The first-order valence-corrected chi connectivity index (χ1v) is 9.10. The number of amides is 1. The summed E-state index contributed by atoms with van der Waals surface area (Å²) in [6.07, 6.45) is 0. The van der Waals surface area contributed by atoms with E-state index in [4.69, 9.17) is 14.2 Å². The van der Waals surface area contributed by atoms with Gasteiger partial charge in [-0.25, -0.2) is 0 Å². The molecule has 0 fully saturated rings. The highest BCUT2D eigenvalue weighted by atomic mass is 16.5. The summed E-state index contributed by atoms with van der Waals surface area (Å²) < 4.78 is 16.5. The molecule has 0 saturated heterocycles. The maximum Gasteiger partial charge on any atom is 0.258 e. The molecule has 2 aromatic rings. The van der Waals surface area contributed by atoms with Crippen LogP contribution in [0.25, 0.3) is 0 Å². The Bertz CT molecular complexity index is 786. The minimum atomic E-state index is -0.242. The van der Waals surface area contributed by atoms with E-state index in [1.807, 2.05) is 38.1 Å². The quantitative estimate of drug-likeness (QED) is 0.748. The van der Waals surface area contributed by atoms with E-state index < -0.39 is 0 Å². The van der Waals surface area contributed by atoms with Crippen LogP contribution in [0.1, 0.15) is 49.4 Å². The van der Waals surface area contributed by atoms with Crippen LogP contribution in [-0.2, 0) is 4.79 Å². The third-order valence-electron chi connectivity index (χ3n) is 4.43. The lowest BCUT2D eigenvalue weighted by molar-refractivity contribution is -0.123. The minimum Gasteiger partial charge on any atom is -0.497 e. The molecule has 0 aliphatic rings. The number of hydrogen-bond acceptors (Lipinski definition) is 4. The molecular weight excluding hydrogens is 342 g/mol. The molecule has 1 amide bonds. The molecule has 1 N–H and O–H groups in total. The van der Waals surface area contributed by atoms with Crippen molar-refractivity contribution in [2.75, 3.05) is 20.8 Å². The van der Waals surface area contributed by atoms with Crippen molar-refractivity contribution in [3.63, 3.8) is 0 Å². The van der Waals surface area contributed by atoms with Gasteiger partial charge in [0, 0.05) is 5.56 Å². The van der Waals surface area contributed by atoms with Gasteiger partial charge in [0.1, 0.15) is 17.2 Å². The smallest absolute Gasteiger partial charge is 0.258 e. The summed E-state index contributed by atoms with van der Waals surface area (Å²) in [5.74, 6) is 2.30. The number of carbonyl (C=O) groups excluding carboxylic acids is 1. The molecule has 0 heterocycles. The van der Waals surface area contributed by atoms with Crippen molar-refractivity contribution in [3.05, 3.63) is 53.1 Å². The average Bonchev–Trinajstić information content (AvgIpc) is 2.65. The van der Waals surface area contributed by atoms with E-state index in [-0.39, 0.29) is 18.6 Å². The molecule has 0 radical (unpaired) electrons. The Labute approximate surface area is 161 Å². The van der Waals surface area contributed by atoms with Crippen LogP contribution in [0, 0.1) is 6.92 Å². The largest absolute Gasteiger partial charge is 0.497 e. The third kappa shape index (κ3) is 5.39. The van der Waals surface area contributed by atoms with E-state index in [2.05, 4.69) is 31.3 Å². The van der Waals surface area contributed by atoms with Crippen LogP contribution in [0.3, 0.4) is 0 Å². The Morgan fingerprint density at radius 1 is 0.963 bits per heavy atom. The van der Waals surface area contributed by atoms with Crippen molar-refractivity contribution in [2.45, 2.75) is 39.7 Å². The molecule has 0 spiro atoms. The van der Waals surface area contributed by atoms with Gasteiger partial charge in [-0.2, -0.15) is 0 Å². The molecule has 0 aromatic heterocycles. The lowest BCUT2D eigenvalue weighted by atomic mass is 10.0. The predicted octanol–water partition coefficient (Wildman–Crippen LogP) is 4.39. The summed E-state index contributed by atoms with van der Waals surface area (Å²) >= 11 is 0. The van der Waals surface area contributed by atoms with Crippen LogP contribution in [0.2, 0.25) is 0 Å². The Hall–Kier alpha value is -2.69. The van der Waals surface area contributed by atoms with E-state index in [0.717, 1.165) is 22.4 Å². The lowest BCUT2D eigenvalue weighted by Gasteiger charge is -2.19. The fourth-order valence-corrected chi connectivity index (χ4v) is 2.93. The van der Waals surface area contributed by atoms with Gasteiger partial charge in [0.25, 0.3) is 5.91 Å². The third-order valence-corrected chi connectivity index (χ3v) is 4.43. The molecule has 0 bridgehead atoms. The Balaban J connectivity index is 2.05.